The molecule has 0 atom stereocenters. The second-order valence-corrected chi connectivity index (χ2v) is 4.17. The molecule has 1 nitrogen and oxygen atoms in total. The third-order valence-corrected chi connectivity index (χ3v) is 2.58. The van der Waals surface area contributed by atoms with E-state index in [1.54, 1.807) is 7.11 Å². The second-order valence-electron chi connectivity index (χ2n) is 3.10. The molecule has 0 rings (SSSR count). The summed E-state index contributed by atoms with van der Waals surface area (Å²) in [6.45, 7) is 6.32. The number of hydrogen-bond donors (Lipinski definition) is 0. The number of rotatable bonds is 4. The van der Waals surface area contributed by atoms with Crippen LogP contribution in [0.1, 0.15) is 20.8 Å². The second kappa shape index (κ2) is 7.85. The minimum atomic E-state index is 0.881. The van der Waals surface area contributed by atoms with E-state index >= 15 is 0 Å². The van der Waals surface area contributed by atoms with Gasteiger partial charge in [-0.1, -0.05) is 35.5 Å². The van der Waals surface area contributed by atoms with Crippen molar-refractivity contribution in [3.05, 3.63) is 45.3 Å². The van der Waals surface area contributed by atoms with Gasteiger partial charge in [-0.2, -0.15) is 0 Å². The molecule has 0 aliphatic rings. The first-order chi connectivity index (χ1) is 6.57. The molecule has 0 fully saturated rings. The first-order valence-electron chi connectivity index (χ1n) is 4.46. The molecule has 0 spiro atoms. The van der Waals surface area contributed by atoms with Gasteiger partial charge in [-0.05, 0) is 49.4 Å². The van der Waals surface area contributed by atoms with Crippen molar-refractivity contribution in [1.29, 1.82) is 0 Å². The third kappa shape index (κ3) is 6.95. The quantitative estimate of drug-likeness (QED) is 0.425. The number of methoxy groups -OCH3 is 1. The standard InChI is InChI=1S/C12H17IO/c1-10(2)11(3)8-6-5-7-9-12(13)14-4/h5-9H,1-4H3/b7-5-,8-6-,12-9-. The maximum Gasteiger partial charge on any atom is 0.156 e. The predicted octanol–water partition coefficient (Wildman–Crippen LogP) is 4.38. The lowest BCUT2D eigenvalue weighted by atomic mass is 10.1. The summed E-state index contributed by atoms with van der Waals surface area (Å²) in [6.07, 6.45) is 9.99. The van der Waals surface area contributed by atoms with E-state index in [2.05, 4.69) is 49.4 Å². The van der Waals surface area contributed by atoms with Gasteiger partial charge in [0.2, 0.25) is 0 Å². The van der Waals surface area contributed by atoms with Crippen LogP contribution < -0.4 is 0 Å². The molecule has 0 aromatic rings. The van der Waals surface area contributed by atoms with Gasteiger partial charge in [0.25, 0.3) is 0 Å². The molecule has 0 amide bonds. The minimum absolute atomic E-state index is 0.881. The lowest BCUT2D eigenvalue weighted by Gasteiger charge is -1.93. The Morgan fingerprint density at radius 1 is 1.07 bits per heavy atom. The molecule has 0 unspecified atom stereocenters. The van der Waals surface area contributed by atoms with Crippen molar-refractivity contribution in [2.24, 2.45) is 0 Å². The summed E-state index contributed by atoms with van der Waals surface area (Å²) in [6, 6.07) is 0. The predicted molar refractivity (Wildman–Crippen MR) is 71.4 cm³/mol. The van der Waals surface area contributed by atoms with Gasteiger partial charge in [-0.3, -0.25) is 0 Å². The molecule has 0 aromatic heterocycles. The Hall–Kier alpha value is -0.510. The Balaban J connectivity index is 4.13. The lowest BCUT2D eigenvalue weighted by molar-refractivity contribution is 0.331. The summed E-state index contributed by atoms with van der Waals surface area (Å²) in [4.78, 5) is 0. The van der Waals surface area contributed by atoms with E-state index in [4.69, 9.17) is 4.74 Å². The van der Waals surface area contributed by atoms with Crippen LogP contribution >= 0.6 is 22.6 Å². The average Bonchev–Trinajstić information content (AvgIpc) is 2.16. The Morgan fingerprint density at radius 3 is 2.21 bits per heavy atom. The van der Waals surface area contributed by atoms with E-state index in [1.807, 2.05) is 24.3 Å². The highest BCUT2D eigenvalue weighted by atomic mass is 127. The van der Waals surface area contributed by atoms with Gasteiger partial charge in [-0.25, -0.2) is 0 Å². The number of ether oxygens (including phenoxy) is 1. The zero-order valence-corrected chi connectivity index (χ0v) is 11.3. The average molecular weight is 304 g/mol. The molecular formula is C12H17IO. The van der Waals surface area contributed by atoms with Gasteiger partial charge in [-0.15, -0.1) is 0 Å². The number of halogens is 1. The monoisotopic (exact) mass is 304 g/mol. The summed E-state index contributed by atoms with van der Waals surface area (Å²) in [5.74, 6) is 0. The highest BCUT2D eigenvalue weighted by Crippen LogP contribution is 2.06. The van der Waals surface area contributed by atoms with Gasteiger partial charge in [0.05, 0.1) is 7.11 Å². The summed E-state index contributed by atoms with van der Waals surface area (Å²) in [7, 11) is 1.66. The molecule has 0 aromatic carbocycles. The molecule has 14 heavy (non-hydrogen) atoms. The molecule has 0 saturated carbocycles. The number of allylic oxidation sites excluding steroid dienone is 7. The molecule has 78 valence electrons. The lowest BCUT2D eigenvalue weighted by Crippen LogP contribution is -1.72. The van der Waals surface area contributed by atoms with Crippen molar-refractivity contribution in [3.63, 3.8) is 0 Å². The van der Waals surface area contributed by atoms with Gasteiger partial charge in [0.1, 0.15) is 0 Å². The van der Waals surface area contributed by atoms with E-state index in [0.29, 0.717) is 0 Å². The van der Waals surface area contributed by atoms with Crippen molar-refractivity contribution in [2.75, 3.05) is 7.11 Å². The van der Waals surface area contributed by atoms with Gasteiger partial charge < -0.3 is 4.74 Å². The normalized spacial score (nSPS) is 12.5. The molecule has 0 N–H and O–H groups in total. The first-order valence-corrected chi connectivity index (χ1v) is 5.54. The molecule has 0 bridgehead atoms. The van der Waals surface area contributed by atoms with Crippen LogP contribution in [-0.2, 0) is 4.74 Å². The van der Waals surface area contributed by atoms with E-state index in [0.717, 1.165) is 3.77 Å². The highest BCUT2D eigenvalue weighted by molar-refractivity contribution is 14.1. The van der Waals surface area contributed by atoms with Crippen molar-refractivity contribution < 1.29 is 4.74 Å². The van der Waals surface area contributed by atoms with Crippen LogP contribution in [0.3, 0.4) is 0 Å². The summed E-state index contributed by atoms with van der Waals surface area (Å²) in [5.41, 5.74) is 2.65. The molecule has 0 heterocycles. The zero-order chi connectivity index (χ0) is 11.0. The van der Waals surface area contributed by atoms with E-state index < -0.39 is 0 Å². The molecule has 0 aliphatic carbocycles. The van der Waals surface area contributed by atoms with E-state index in [1.165, 1.54) is 11.1 Å². The Kier molecular flexibility index (Phi) is 7.57. The minimum Gasteiger partial charge on any atom is -0.491 e. The topological polar surface area (TPSA) is 9.23 Å². The molecule has 2 heteroatoms. The van der Waals surface area contributed by atoms with Crippen LogP contribution in [0.15, 0.2) is 45.3 Å². The third-order valence-electron chi connectivity index (χ3n) is 1.78. The van der Waals surface area contributed by atoms with Crippen LogP contribution in [0, 0.1) is 0 Å². The maximum atomic E-state index is 4.98. The van der Waals surface area contributed by atoms with Gasteiger partial charge in [0.15, 0.2) is 3.77 Å². The largest absolute Gasteiger partial charge is 0.491 e. The summed E-state index contributed by atoms with van der Waals surface area (Å²) < 4.78 is 5.86. The van der Waals surface area contributed by atoms with Crippen molar-refractivity contribution in [2.45, 2.75) is 20.8 Å². The molecular weight excluding hydrogens is 287 g/mol. The van der Waals surface area contributed by atoms with Crippen LogP contribution in [-0.4, -0.2) is 7.11 Å². The summed E-state index contributed by atoms with van der Waals surface area (Å²) in [5, 5.41) is 0. The Morgan fingerprint density at radius 2 is 1.71 bits per heavy atom. The van der Waals surface area contributed by atoms with E-state index in [-0.39, 0.29) is 0 Å². The molecule has 0 radical (unpaired) electrons. The summed E-state index contributed by atoms with van der Waals surface area (Å²) >= 11 is 2.14. The fourth-order valence-electron chi connectivity index (χ4n) is 0.630. The zero-order valence-electron chi connectivity index (χ0n) is 9.17. The first kappa shape index (κ1) is 13.5. The molecule has 0 aliphatic heterocycles. The highest BCUT2D eigenvalue weighted by Gasteiger charge is 1.82. The number of hydrogen-bond acceptors (Lipinski definition) is 1. The van der Waals surface area contributed by atoms with Crippen LogP contribution in [0.5, 0.6) is 0 Å². The van der Waals surface area contributed by atoms with Crippen molar-refractivity contribution in [3.8, 4) is 0 Å². The molecule has 0 saturated heterocycles. The van der Waals surface area contributed by atoms with Crippen molar-refractivity contribution >= 4 is 22.6 Å². The van der Waals surface area contributed by atoms with Gasteiger partial charge in [0, 0.05) is 0 Å². The van der Waals surface area contributed by atoms with E-state index in [9.17, 15) is 0 Å². The van der Waals surface area contributed by atoms with Crippen LogP contribution in [0.4, 0.5) is 0 Å². The smallest absolute Gasteiger partial charge is 0.156 e. The maximum absolute atomic E-state index is 4.98. The van der Waals surface area contributed by atoms with Crippen molar-refractivity contribution in [1.82, 2.24) is 0 Å². The van der Waals surface area contributed by atoms with Crippen LogP contribution in [0.2, 0.25) is 0 Å². The van der Waals surface area contributed by atoms with Gasteiger partial charge >= 0.3 is 0 Å². The fourth-order valence-corrected chi connectivity index (χ4v) is 0.838. The Labute approximate surface area is 100 Å². The van der Waals surface area contributed by atoms with Crippen LogP contribution in [0.25, 0.3) is 0 Å². The SMILES string of the molecule is CO\C(I)=C/C=C\C=C/C(C)=C(C)C. The fraction of sp³-hybridized carbons (Fsp3) is 0.333. The Bertz CT molecular complexity index is 279.